The first-order valence-corrected chi connectivity index (χ1v) is 22.4. The number of fused-ring (bicyclic) bond motifs is 5. The second-order valence-electron chi connectivity index (χ2n) is 16.9. The Hall–Kier alpha value is -2.58. The number of benzene rings is 2. The van der Waals surface area contributed by atoms with Gasteiger partial charge in [0.2, 0.25) is 0 Å². The molecule has 0 amide bonds. The summed E-state index contributed by atoms with van der Waals surface area (Å²) in [5.74, 6) is 1.65. The van der Waals surface area contributed by atoms with Gasteiger partial charge in [0.05, 0.1) is 60.4 Å². The molecule has 54 heavy (non-hydrogen) atoms. The van der Waals surface area contributed by atoms with Gasteiger partial charge in [-0.05, 0) is 137 Å². The van der Waals surface area contributed by atoms with E-state index in [1.165, 1.54) is 29.8 Å². The molecule has 0 spiro atoms. The van der Waals surface area contributed by atoms with E-state index in [1.54, 1.807) is 30.5 Å². The van der Waals surface area contributed by atoms with E-state index in [9.17, 15) is 21.9 Å². The predicted octanol–water partition coefficient (Wildman–Crippen LogP) is 7.72. The summed E-state index contributed by atoms with van der Waals surface area (Å²) in [5, 5.41) is 12.5. The van der Waals surface area contributed by atoms with Crippen molar-refractivity contribution in [3.8, 4) is 0 Å². The standard InChI is InChI=1S/C42H56O10S2/c1-29-5-10-35(11-6-29)53(44,45)51-28-34(52-54(46,47)36-12-7-30(2)8-13-36)27-49-23-24-50-33-15-19-40(3)32(25-33)9-14-39-38(40)16-20-41(4)37(17-21-42(39,41)43)31-18-22-48-26-31/h5-8,10-13,18,22,26,32-34,37-39,43H,9,14-17,19-21,23-25,27-28H2,1-4H3/t32-,33+,34?,37-,38+,39-,40+,41-,42+/m1/s1. The van der Waals surface area contributed by atoms with Crippen LogP contribution >= 0.6 is 0 Å². The SMILES string of the molecule is Cc1ccc(S(=O)(=O)OCC(COCCO[C@H]2CC[C@@]3(C)[C@H](CC[C@@H]4[C@@H]3CC[C@]3(C)[C@@H](c5ccoc5)CC[C@]43O)C2)OS(=O)(=O)c2ccc(C)cc2)cc1. The molecule has 1 unspecified atom stereocenters. The molecule has 0 bridgehead atoms. The minimum absolute atomic E-state index is 0.0324. The largest absolute Gasteiger partial charge is 0.472 e. The lowest BCUT2D eigenvalue weighted by Crippen LogP contribution is -2.62. The van der Waals surface area contributed by atoms with Crippen LogP contribution in [-0.2, 0) is 38.1 Å². The van der Waals surface area contributed by atoms with Crippen molar-refractivity contribution in [2.45, 2.75) is 119 Å². The van der Waals surface area contributed by atoms with Crippen molar-refractivity contribution in [3.63, 3.8) is 0 Å². The fraction of sp³-hybridized carbons (Fsp3) is 0.619. The summed E-state index contributed by atoms with van der Waals surface area (Å²) < 4.78 is 80.5. The average Bonchev–Trinajstić information content (AvgIpc) is 3.76. The zero-order valence-electron chi connectivity index (χ0n) is 31.9. The van der Waals surface area contributed by atoms with Crippen molar-refractivity contribution >= 4 is 20.2 Å². The molecule has 7 rings (SSSR count). The summed E-state index contributed by atoms with van der Waals surface area (Å²) in [6.07, 6.45) is 11.6. The molecule has 1 aromatic heterocycles. The van der Waals surface area contributed by atoms with Crippen LogP contribution in [0.5, 0.6) is 0 Å². The van der Waals surface area contributed by atoms with Crippen molar-refractivity contribution in [2.75, 3.05) is 26.4 Å². The summed E-state index contributed by atoms with van der Waals surface area (Å²) in [7, 11) is -8.40. The van der Waals surface area contributed by atoms with Crippen molar-refractivity contribution < 1.29 is 44.2 Å². The van der Waals surface area contributed by atoms with E-state index in [0.29, 0.717) is 30.3 Å². The Morgan fingerprint density at radius 3 is 2.13 bits per heavy atom. The molecule has 0 aliphatic heterocycles. The van der Waals surface area contributed by atoms with Gasteiger partial charge in [-0.1, -0.05) is 49.2 Å². The molecular formula is C42H56O10S2. The van der Waals surface area contributed by atoms with Gasteiger partial charge in [0, 0.05) is 5.41 Å². The fourth-order valence-electron chi connectivity index (χ4n) is 10.8. The van der Waals surface area contributed by atoms with Crippen molar-refractivity contribution in [2.24, 2.45) is 28.6 Å². The van der Waals surface area contributed by atoms with Crippen LogP contribution in [0.3, 0.4) is 0 Å². The molecule has 4 saturated carbocycles. The highest BCUT2D eigenvalue weighted by molar-refractivity contribution is 7.87. The highest BCUT2D eigenvalue weighted by Gasteiger charge is 2.67. The molecule has 0 saturated heterocycles. The lowest BCUT2D eigenvalue weighted by atomic mass is 9.43. The van der Waals surface area contributed by atoms with Gasteiger partial charge < -0.3 is 19.0 Å². The van der Waals surface area contributed by atoms with E-state index < -0.39 is 38.5 Å². The van der Waals surface area contributed by atoms with Gasteiger partial charge in [-0.3, -0.25) is 8.37 Å². The second kappa shape index (κ2) is 15.4. The third kappa shape index (κ3) is 7.61. The number of hydrogen-bond donors (Lipinski definition) is 1. The van der Waals surface area contributed by atoms with Crippen molar-refractivity contribution in [1.29, 1.82) is 0 Å². The van der Waals surface area contributed by atoms with Gasteiger partial charge in [-0.15, -0.1) is 0 Å². The second-order valence-corrected chi connectivity index (χ2v) is 20.1. The molecule has 0 radical (unpaired) electrons. The molecule has 3 aromatic rings. The number of furan rings is 1. The number of aryl methyl sites for hydroxylation is 2. The van der Waals surface area contributed by atoms with Gasteiger partial charge >= 0.3 is 0 Å². The molecule has 12 heteroatoms. The molecule has 10 nitrogen and oxygen atoms in total. The van der Waals surface area contributed by atoms with E-state index in [4.69, 9.17) is 22.3 Å². The Morgan fingerprint density at radius 1 is 0.778 bits per heavy atom. The lowest BCUT2D eigenvalue weighted by molar-refractivity contribution is -0.207. The number of rotatable bonds is 14. The Balaban J connectivity index is 0.925. The van der Waals surface area contributed by atoms with Crippen molar-refractivity contribution in [1.82, 2.24) is 0 Å². The third-order valence-electron chi connectivity index (χ3n) is 13.9. The number of aliphatic hydroxyl groups is 1. The minimum Gasteiger partial charge on any atom is -0.472 e. The van der Waals surface area contributed by atoms with E-state index in [2.05, 4.69) is 19.9 Å². The first-order chi connectivity index (χ1) is 25.6. The molecule has 4 aliphatic carbocycles. The zero-order valence-corrected chi connectivity index (χ0v) is 33.6. The van der Waals surface area contributed by atoms with Crippen LogP contribution in [0.4, 0.5) is 0 Å². The van der Waals surface area contributed by atoms with Crippen LogP contribution in [0, 0.1) is 42.4 Å². The number of hydrogen-bond acceptors (Lipinski definition) is 10. The molecule has 9 atom stereocenters. The Morgan fingerprint density at radius 2 is 1.46 bits per heavy atom. The highest BCUT2D eigenvalue weighted by atomic mass is 32.2. The van der Waals surface area contributed by atoms with Crippen LogP contribution in [-0.4, -0.2) is 66.2 Å². The van der Waals surface area contributed by atoms with E-state index in [1.807, 2.05) is 20.1 Å². The van der Waals surface area contributed by atoms with Crippen LogP contribution in [0.1, 0.15) is 94.2 Å². The lowest BCUT2D eigenvalue weighted by Gasteiger charge is -2.63. The maximum Gasteiger partial charge on any atom is 0.297 e. The zero-order chi connectivity index (χ0) is 38.4. The first-order valence-electron chi connectivity index (χ1n) is 19.5. The topological polar surface area (TPSA) is 139 Å². The maximum atomic E-state index is 13.1. The molecule has 1 heterocycles. The molecule has 4 fully saturated rings. The Bertz CT molecular complexity index is 1950. The maximum absolute atomic E-state index is 13.1. The summed E-state index contributed by atoms with van der Waals surface area (Å²) >= 11 is 0. The van der Waals surface area contributed by atoms with Crippen LogP contribution in [0.15, 0.2) is 81.3 Å². The van der Waals surface area contributed by atoms with Gasteiger partial charge in [0.25, 0.3) is 20.2 Å². The molecule has 4 aliphatic rings. The molecule has 1 N–H and O–H groups in total. The van der Waals surface area contributed by atoms with Crippen molar-refractivity contribution in [3.05, 3.63) is 83.8 Å². The van der Waals surface area contributed by atoms with E-state index in [0.717, 1.165) is 68.9 Å². The average molecular weight is 785 g/mol. The summed E-state index contributed by atoms with van der Waals surface area (Å²) in [4.78, 5) is -0.0747. The van der Waals surface area contributed by atoms with Gasteiger partial charge in [-0.25, -0.2) is 0 Å². The number of ether oxygens (including phenoxy) is 2. The van der Waals surface area contributed by atoms with Crippen LogP contribution in [0.2, 0.25) is 0 Å². The smallest absolute Gasteiger partial charge is 0.297 e. The Labute approximate surface area is 321 Å². The summed E-state index contributed by atoms with van der Waals surface area (Å²) in [6.45, 7) is 8.22. The fourth-order valence-corrected chi connectivity index (χ4v) is 12.8. The quantitative estimate of drug-likeness (QED) is 0.128. The Kier molecular flexibility index (Phi) is 11.3. The van der Waals surface area contributed by atoms with Gasteiger partial charge in [0.1, 0.15) is 6.10 Å². The molecule has 296 valence electrons. The molecule has 2 aromatic carbocycles. The summed E-state index contributed by atoms with van der Waals surface area (Å²) in [5.41, 5.74) is 2.37. The van der Waals surface area contributed by atoms with Gasteiger partial charge in [-0.2, -0.15) is 16.8 Å². The normalized spacial score (nSPS) is 33.1. The van der Waals surface area contributed by atoms with E-state index >= 15 is 0 Å². The minimum atomic E-state index is -4.23. The highest BCUT2D eigenvalue weighted by Crippen LogP contribution is 2.70. The first kappa shape index (κ1) is 39.6. The monoisotopic (exact) mass is 784 g/mol. The predicted molar refractivity (Wildman–Crippen MR) is 203 cm³/mol. The third-order valence-corrected chi connectivity index (χ3v) is 16.6. The van der Waals surface area contributed by atoms with E-state index in [-0.39, 0.29) is 39.9 Å². The summed E-state index contributed by atoms with van der Waals surface area (Å²) in [6, 6.07) is 14.5. The van der Waals surface area contributed by atoms with Gasteiger partial charge in [0.15, 0.2) is 0 Å². The molecular weight excluding hydrogens is 729 g/mol. The van der Waals surface area contributed by atoms with Crippen LogP contribution < -0.4 is 0 Å². The van der Waals surface area contributed by atoms with Crippen LogP contribution in [0.25, 0.3) is 0 Å².